The Kier molecular flexibility index (Phi) is 6.74. The Labute approximate surface area is 181 Å². The Balaban J connectivity index is 1.90. The van der Waals surface area contributed by atoms with Gasteiger partial charge in [-0.3, -0.25) is 4.72 Å². The van der Waals surface area contributed by atoms with Crippen molar-refractivity contribution in [3.05, 3.63) is 47.0 Å². The predicted molar refractivity (Wildman–Crippen MR) is 117 cm³/mol. The van der Waals surface area contributed by atoms with Crippen molar-refractivity contribution < 1.29 is 23.1 Å². The maximum atomic E-state index is 12.9. The SMILES string of the molecule is CCN1CCN(c2ccc(NS(=O)(=O)c3cc(Cl)ccc3OC)cc2C(=O)O)CC1. The minimum absolute atomic E-state index is 0.0400. The van der Waals surface area contributed by atoms with Crippen LogP contribution < -0.4 is 14.4 Å². The number of likely N-dealkylation sites (N-methyl/N-ethyl adjacent to an activating group) is 1. The number of benzene rings is 2. The number of ether oxygens (including phenoxy) is 1. The van der Waals surface area contributed by atoms with E-state index in [0.29, 0.717) is 18.8 Å². The lowest BCUT2D eigenvalue weighted by molar-refractivity contribution is 0.0697. The van der Waals surface area contributed by atoms with Crippen LogP contribution in [-0.4, -0.2) is 64.2 Å². The zero-order valence-corrected chi connectivity index (χ0v) is 18.3. The van der Waals surface area contributed by atoms with Gasteiger partial charge < -0.3 is 19.6 Å². The standard InChI is InChI=1S/C20H24ClN3O5S/c1-3-23-8-10-24(11-9-23)17-6-5-15(13-16(17)20(25)26)22-30(27,28)19-12-14(21)4-7-18(19)29-2/h4-7,12-13,22H,3,8-11H2,1-2H3,(H,25,26). The van der Waals surface area contributed by atoms with Gasteiger partial charge in [0.2, 0.25) is 0 Å². The molecule has 0 bridgehead atoms. The van der Waals surface area contributed by atoms with E-state index in [0.717, 1.165) is 19.6 Å². The van der Waals surface area contributed by atoms with Gasteiger partial charge in [0, 0.05) is 36.9 Å². The van der Waals surface area contributed by atoms with E-state index >= 15 is 0 Å². The Bertz CT molecular complexity index is 1040. The first-order valence-electron chi connectivity index (χ1n) is 9.46. The maximum absolute atomic E-state index is 12.9. The van der Waals surface area contributed by atoms with Crippen molar-refractivity contribution in [1.29, 1.82) is 0 Å². The van der Waals surface area contributed by atoms with E-state index in [1.165, 1.54) is 31.4 Å². The van der Waals surface area contributed by atoms with Crippen LogP contribution in [-0.2, 0) is 10.0 Å². The molecule has 1 saturated heterocycles. The summed E-state index contributed by atoms with van der Waals surface area (Å²) in [5.74, 6) is -0.986. The molecule has 2 N–H and O–H groups in total. The lowest BCUT2D eigenvalue weighted by Gasteiger charge is -2.36. The minimum atomic E-state index is -4.04. The molecule has 0 unspecified atom stereocenters. The first-order chi connectivity index (χ1) is 14.2. The summed E-state index contributed by atoms with van der Waals surface area (Å²) in [7, 11) is -2.68. The molecular formula is C20H24ClN3O5S. The molecule has 162 valence electrons. The molecule has 1 heterocycles. The van der Waals surface area contributed by atoms with Crippen molar-refractivity contribution in [3.63, 3.8) is 0 Å². The van der Waals surface area contributed by atoms with E-state index in [4.69, 9.17) is 16.3 Å². The average Bonchev–Trinajstić information content (AvgIpc) is 2.73. The van der Waals surface area contributed by atoms with Crippen molar-refractivity contribution in [2.75, 3.05) is 49.5 Å². The predicted octanol–water partition coefficient (Wildman–Crippen LogP) is 2.99. The van der Waals surface area contributed by atoms with Gasteiger partial charge in [-0.1, -0.05) is 18.5 Å². The topological polar surface area (TPSA) is 99.2 Å². The molecule has 0 radical (unpaired) electrons. The number of aromatic carboxylic acids is 1. The van der Waals surface area contributed by atoms with Gasteiger partial charge in [0.25, 0.3) is 10.0 Å². The minimum Gasteiger partial charge on any atom is -0.495 e. The van der Waals surface area contributed by atoms with E-state index in [2.05, 4.69) is 16.5 Å². The van der Waals surface area contributed by atoms with Gasteiger partial charge in [0.15, 0.2) is 0 Å². The lowest BCUT2D eigenvalue weighted by Crippen LogP contribution is -2.46. The van der Waals surface area contributed by atoms with Gasteiger partial charge in [-0.25, -0.2) is 13.2 Å². The van der Waals surface area contributed by atoms with Crippen LogP contribution in [0.25, 0.3) is 0 Å². The summed E-state index contributed by atoms with van der Waals surface area (Å²) in [5, 5.41) is 9.94. The largest absolute Gasteiger partial charge is 0.495 e. The first kappa shape index (κ1) is 22.2. The third kappa shape index (κ3) is 4.80. The molecule has 10 heteroatoms. The second-order valence-corrected chi connectivity index (χ2v) is 8.95. The van der Waals surface area contributed by atoms with Gasteiger partial charge >= 0.3 is 5.97 Å². The number of carboxylic acid groups (broad SMARTS) is 1. The number of anilines is 2. The third-order valence-corrected chi connectivity index (χ3v) is 6.69. The van der Waals surface area contributed by atoms with Crippen LogP contribution in [0.1, 0.15) is 17.3 Å². The van der Waals surface area contributed by atoms with E-state index < -0.39 is 16.0 Å². The van der Waals surface area contributed by atoms with Gasteiger partial charge in [-0.15, -0.1) is 0 Å². The Morgan fingerprint density at radius 3 is 2.47 bits per heavy atom. The summed E-state index contributed by atoms with van der Waals surface area (Å²) < 4.78 is 33.3. The first-order valence-corrected chi connectivity index (χ1v) is 11.3. The Morgan fingerprint density at radius 2 is 1.87 bits per heavy atom. The number of carboxylic acids is 1. The van der Waals surface area contributed by atoms with Crippen molar-refractivity contribution >= 4 is 39.0 Å². The summed E-state index contributed by atoms with van der Waals surface area (Å²) in [4.78, 5) is 16.0. The van der Waals surface area contributed by atoms with Crippen molar-refractivity contribution in [3.8, 4) is 5.75 Å². The number of hydrogen-bond acceptors (Lipinski definition) is 6. The van der Waals surface area contributed by atoms with Gasteiger partial charge in [-0.2, -0.15) is 0 Å². The summed E-state index contributed by atoms with van der Waals surface area (Å²) in [6, 6.07) is 8.79. The van der Waals surface area contributed by atoms with Crippen LogP contribution in [0.4, 0.5) is 11.4 Å². The van der Waals surface area contributed by atoms with Crippen LogP contribution in [0.15, 0.2) is 41.3 Å². The zero-order valence-electron chi connectivity index (χ0n) is 16.8. The highest BCUT2D eigenvalue weighted by molar-refractivity contribution is 7.92. The number of methoxy groups -OCH3 is 1. The van der Waals surface area contributed by atoms with Crippen LogP contribution in [0, 0.1) is 0 Å². The van der Waals surface area contributed by atoms with Crippen LogP contribution >= 0.6 is 11.6 Å². The number of hydrogen-bond donors (Lipinski definition) is 2. The number of halogens is 1. The quantitative estimate of drug-likeness (QED) is 0.664. The molecule has 3 rings (SSSR count). The maximum Gasteiger partial charge on any atom is 0.337 e. The number of nitrogens with zero attached hydrogens (tertiary/aromatic N) is 2. The van der Waals surface area contributed by atoms with Crippen molar-refractivity contribution in [1.82, 2.24) is 4.90 Å². The second-order valence-electron chi connectivity index (χ2n) is 6.86. The molecule has 2 aromatic rings. The highest BCUT2D eigenvalue weighted by atomic mass is 35.5. The fourth-order valence-corrected chi connectivity index (χ4v) is 4.90. The number of sulfonamides is 1. The smallest absolute Gasteiger partial charge is 0.337 e. The van der Waals surface area contributed by atoms with Crippen molar-refractivity contribution in [2.45, 2.75) is 11.8 Å². The van der Waals surface area contributed by atoms with Crippen LogP contribution in [0.3, 0.4) is 0 Å². The average molecular weight is 454 g/mol. The third-order valence-electron chi connectivity index (χ3n) is 5.05. The van der Waals surface area contributed by atoms with E-state index in [1.807, 2.05) is 4.90 Å². The van der Waals surface area contributed by atoms with E-state index in [-0.39, 0.29) is 26.9 Å². The summed E-state index contributed by atoms with van der Waals surface area (Å²) in [6.07, 6.45) is 0. The normalized spacial score (nSPS) is 15.1. The molecule has 8 nitrogen and oxygen atoms in total. The molecule has 1 aliphatic rings. The molecule has 0 aliphatic carbocycles. The van der Waals surface area contributed by atoms with Crippen LogP contribution in [0.2, 0.25) is 5.02 Å². The number of piperazine rings is 1. The highest BCUT2D eigenvalue weighted by Crippen LogP contribution is 2.31. The number of carbonyl (C=O) groups is 1. The monoisotopic (exact) mass is 453 g/mol. The molecule has 0 spiro atoms. The molecular weight excluding hydrogens is 430 g/mol. The number of nitrogens with one attached hydrogen (secondary N) is 1. The molecule has 0 amide bonds. The summed E-state index contributed by atoms with van der Waals surface area (Å²) in [5.41, 5.74) is 0.755. The summed E-state index contributed by atoms with van der Waals surface area (Å²) in [6.45, 7) is 6.15. The molecule has 0 atom stereocenters. The van der Waals surface area contributed by atoms with Gasteiger partial charge in [-0.05, 0) is 42.9 Å². The Hall–Kier alpha value is -2.49. The molecule has 1 aliphatic heterocycles. The molecule has 0 saturated carbocycles. The highest BCUT2D eigenvalue weighted by Gasteiger charge is 2.24. The molecule has 1 fully saturated rings. The molecule has 30 heavy (non-hydrogen) atoms. The van der Waals surface area contributed by atoms with Crippen molar-refractivity contribution in [2.24, 2.45) is 0 Å². The fraction of sp³-hybridized carbons (Fsp3) is 0.350. The van der Waals surface area contributed by atoms with Crippen LogP contribution in [0.5, 0.6) is 5.75 Å². The zero-order chi connectivity index (χ0) is 21.9. The second kappa shape index (κ2) is 9.11. The fourth-order valence-electron chi connectivity index (χ4n) is 3.42. The molecule has 0 aromatic heterocycles. The lowest BCUT2D eigenvalue weighted by atomic mass is 10.1. The van der Waals surface area contributed by atoms with Gasteiger partial charge in [0.1, 0.15) is 10.6 Å². The van der Waals surface area contributed by atoms with E-state index in [1.54, 1.807) is 12.1 Å². The number of rotatable bonds is 7. The van der Waals surface area contributed by atoms with E-state index in [9.17, 15) is 18.3 Å². The molecule has 2 aromatic carbocycles. The Morgan fingerprint density at radius 1 is 1.17 bits per heavy atom. The summed E-state index contributed by atoms with van der Waals surface area (Å²) >= 11 is 5.94. The van der Waals surface area contributed by atoms with Gasteiger partial charge in [0.05, 0.1) is 18.4 Å².